The second kappa shape index (κ2) is 5.99. The van der Waals surface area contributed by atoms with Crippen LogP contribution in [0.15, 0.2) is 35.3 Å². The Hall–Kier alpha value is -2.13. The van der Waals surface area contributed by atoms with Gasteiger partial charge in [0, 0.05) is 31.5 Å². The van der Waals surface area contributed by atoms with E-state index in [4.69, 9.17) is 4.42 Å². The minimum atomic E-state index is -3.12. The van der Waals surface area contributed by atoms with Crippen LogP contribution in [-0.4, -0.2) is 77.4 Å². The van der Waals surface area contributed by atoms with Crippen LogP contribution in [0.5, 0.6) is 0 Å². The number of furan rings is 1. The van der Waals surface area contributed by atoms with Gasteiger partial charge in [0.15, 0.2) is 15.6 Å². The molecular weight excluding hydrogens is 344 g/mol. The molecule has 2 fully saturated rings. The van der Waals surface area contributed by atoms with Crippen LogP contribution in [-0.2, 0) is 16.4 Å². The Balaban J connectivity index is 1.53. The average Bonchev–Trinajstić information content (AvgIpc) is 3.27. The number of rotatable bonds is 3. The van der Waals surface area contributed by atoms with Gasteiger partial charge < -0.3 is 13.9 Å². The lowest BCUT2D eigenvalue weighted by Gasteiger charge is -2.41. The van der Waals surface area contributed by atoms with Crippen molar-refractivity contribution in [2.75, 3.05) is 31.6 Å². The second-order valence-electron chi connectivity index (χ2n) is 6.69. The molecule has 0 spiro atoms. The predicted molar refractivity (Wildman–Crippen MR) is 89.9 cm³/mol. The van der Waals surface area contributed by atoms with Crippen molar-refractivity contribution in [2.45, 2.75) is 18.6 Å². The summed E-state index contributed by atoms with van der Waals surface area (Å²) in [4.78, 5) is 20.5. The molecule has 0 aliphatic carbocycles. The fourth-order valence-electron chi connectivity index (χ4n) is 3.66. The lowest BCUT2D eigenvalue weighted by atomic mass is 10.1. The molecule has 0 aromatic carbocycles. The number of carbonyl (C=O) groups excluding carboxylic acids is 1. The molecule has 4 heterocycles. The number of nitrogens with zero attached hydrogens (tertiary/aromatic N) is 4. The van der Waals surface area contributed by atoms with Crippen molar-refractivity contribution < 1.29 is 17.6 Å². The molecule has 134 valence electrons. The maximum atomic E-state index is 12.9. The van der Waals surface area contributed by atoms with Gasteiger partial charge in [0.05, 0.1) is 30.4 Å². The topological polar surface area (TPSA) is 88.7 Å². The maximum absolute atomic E-state index is 12.9. The summed E-state index contributed by atoms with van der Waals surface area (Å²) in [5.74, 6) is 0.809. The highest BCUT2D eigenvalue weighted by Gasteiger charge is 2.47. The van der Waals surface area contributed by atoms with Crippen molar-refractivity contribution in [1.29, 1.82) is 0 Å². The Bertz CT molecular complexity index is 874. The zero-order valence-corrected chi connectivity index (χ0v) is 14.7. The number of sulfone groups is 1. The van der Waals surface area contributed by atoms with E-state index in [-0.39, 0.29) is 35.3 Å². The third kappa shape index (κ3) is 3.09. The first-order valence-electron chi connectivity index (χ1n) is 8.19. The number of aromatic nitrogens is 2. The van der Waals surface area contributed by atoms with Crippen molar-refractivity contribution in [3.05, 3.63) is 42.4 Å². The Morgan fingerprint density at radius 3 is 2.84 bits per heavy atom. The number of hydrogen-bond donors (Lipinski definition) is 0. The maximum Gasteiger partial charge on any atom is 0.289 e. The molecule has 0 unspecified atom stereocenters. The number of imidazole rings is 1. The first kappa shape index (κ1) is 16.3. The van der Waals surface area contributed by atoms with Gasteiger partial charge in [-0.3, -0.25) is 9.69 Å². The van der Waals surface area contributed by atoms with Gasteiger partial charge in [-0.25, -0.2) is 13.4 Å². The van der Waals surface area contributed by atoms with Crippen LogP contribution < -0.4 is 0 Å². The van der Waals surface area contributed by atoms with E-state index in [2.05, 4.69) is 4.98 Å². The number of fused-ring (bicyclic) bond motifs is 1. The molecule has 25 heavy (non-hydrogen) atoms. The van der Waals surface area contributed by atoms with E-state index in [0.29, 0.717) is 25.4 Å². The molecule has 2 aromatic rings. The number of hydrogen-bond acceptors (Lipinski definition) is 6. The lowest BCUT2D eigenvalue weighted by molar-refractivity contribution is 0.0381. The van der Waals surface area contributed by atoms with E-state index in [1.165, 1.54) is 0 Å². The fraction of sp³-hybridized carbons (Fsp3) is 0.500. The number of carbonyl (C=O) groups is 1. The van der Waals surface area contributed by atoms with Gasteiger partial charge in [0.2, 0.25) is 0 Å². The highest BCUT2D eigenvalue weighted by Crippen LogP contribution is 2.27. The smallest absolute Gasteiger partial charge is 0.289 e. The minimum Gasteiger partial charge on any atom is -0.454 e. The van der Waals surface area contributed by atoms with E-state index in [9.17, 15) is 13.2 Å². The Kier molecular flexibility index (Phi) is 3.92. The summed E-state index contributed by atoms with van der Waals surface area (Å²) in [6, 6.07) is 2.99. The van der Waals surface area contributed by atoms with Gasteiger partial charge in [-0.2, -0.15) is 0 Å². The minimum absolute atomic E-state index is 0.0242. The van der Waals surface area contributed by atoms with Crippen molar-refractivity contribution in [3.63, 3.8) is 0 Å². The van der Waals surface area contributed by atoms with E-state index < -0.39 is 9.84 Å². The third-order valence-corrected chi connectivity index (χ3v) is 6.68. The zero-order valence-electron chi connectivity index (χ0n) is 13.9. The molecule has 2 aliphatic rings. The summed E-state index contributed by atoms with van der Waals surface area (Å²) in [7, 11) is -1.20. The highest BCUT2D eigenvalue weighted by molar-refractivity contribution is 7.91. The summed E-state index contributed by atoms with van der Waals surface area (Å²) < 4.78 is 31.6. The summed E-state index contributed by atoms with van der Waals surface area (Å²) >= 11 is 0. The first-order chi connectivity index (χ1) is 11.9. The quantitative estimate of drug-likeness (QED) is 0.766. The Morgan fingerprint density at radius 2 is 2.08 bits per heavy atom. The van der Waals surface area contributed by atoms with Gasteiger partial charge in [-0.05, 0) is 19.2 Å². The summed E-state index contributed by atoms with van der Waals surface area (Å²) in [5, 5.41) is 0. The number of amides is 1. The highest BCUT2D eigenvalue weighted by atomic mass is 32.2. The van der Waals surface area contributed by atoms with E-state index in [1.54, 1.807) is 29.6 Å². The normalized spacial score (nSPS) is 25.9. The van der Waals surface area contributed by atoms with Crippen LogP contribution in [0.2, 0.25) is 0 Å². The molecule has 2 aromatic heterocycles. The van der Waals surface area contributed by atoms with Crippen LogP contribution in [0, 0.1) is 0 Å². The molecule has 0 bridgehead atoms. The van der Waals surface area contributed by atoms with Gasteiger partial charge >= 0.3 is 0 Å². The van der Waals surface area contributed by atoms with Crippen LogP contribution >= 0.6 is 0 Å². The van der Waals surface area contributed by atoms with Crippen LogP contribution in [0.25, 0.3) is 0 Å². The Morgan fingerprint density at radius 1 is 1.28 bits per heavy atom. The molecule has 0 radical (unpaired) electrons. The largest absolute Gasteiger partial charge is 0.454 e. The molecule has 2 aliphatic heterocycles. The first-order valence-corrected chi connectivity index (χ1v) is 10.0. The van der Waals surface area contributed by atoms with E-state index in [0.717, 1.165) is 0 Å². The molecule has 1 amide bonds. The molecular formula is C16H20N4O4S. The fourth-order valence-corrected chi connectivity index (χ4v) is 5.71. The van der Waals surface area contributed by atoms with Crippen LogP contribution in [0.4, 0.5) is 0 Å². The molecule has 2 saturated heterocycles. The average molecular weight is 364 g/mol. The van der Waals surface area contributed by atoms with Crippen molar-refractivity contribution in [2.24, 2.45) is 0 Å². The van der Waals surface area contributed by atoms with Crippen LogP contribution in [0.3, 0.4) is 0 Å². The standard InChI is InChI=1S/C16H20N4O4S/c1-18-6-7-20(14-10-25(22,23)9-13(14)18)16(21)15-3-2-12(24-15)8-19-5-4-17-11-19/h2-5,11,13-14H,6-10H2,1H3/t13-,14+/m1/s1. The van der Waals surface area contributed by atoms with Gasteiger partial charge in [0.1, 0.15) is 5.76 Å². The Labute approximate surface area is 146 Å². The lowest BCUT2D eigenvalue weighted by Crippen LogP contribution is -2.59. The summed E-state index contributed by atoms with van der Waals surface area (Å²) in [6.45, 7) is 1.66. The van der Waals surface area contributed by atoms with E-state index >= 15 is 0 Å². The number of likely N-dealkylation sites (N-methyl/N-ethyl adjacent to an activating group) is 1. The van der Waals surface area contributed by atoms with Crippen molar-refractivity contribution >= 4 is 15.7 Å². The van der Waals surface area contributed by atoms with E-state index in [1.807, 2.05) is 22.7 Å². The predicted octanol–water partition coefficient (Wildman–Crippen LogP) is 0.0776. The van der Waals surface area contributed by atoms with Crippen molar-refractivity contribution in [1.82, 2.24) is 19.4 Å². The summed E-state index contributed by atoms with van der Waals surface area (Å²) in [5.41, 5.74) is 0. The van der Waals surface area contributed by atoms with Crippen LogP contribution in [0.1, 0.15) is 16.3 Å². The molecule has 0 saturated carbocycles. The van der Waals surface area contributed by atoms with Gasteiger partial charge in [0.25, 0.3) is 5.91 Å². The monoisotopic (exact) mass is 364 g/mol. The molecule has 9 heteroatoms. The molecule has 2 atom stereocenters. The third-order valence-electron chi connectivity index (χ3n) is 4.98. The number of piperazine rings is 1. The molecule has 0 N–H and O–H groups in total. The molecule has 4 rings (SSSR count). The SMILES string of the molecule is CN1CCN(C(=O)c2ccc(Cn3ccnc3)o2)[C@H]2CS(=O)(=O)C[C@H]21. The second-order valence-corrected chi connectivity index (χ2v) is 8.85. The molecule has 8 nitrogen and oxygen atoms in total. The van der Waals surface area contributed by atoms with Crippen molar-refractivity contribution in [3.8, 4) is 0 Å². The summed E-state index contributed by atoms with van der Waals surface area (Å²) in [6.07, 6.45) is 5.18. The zero-order chi connectivity index (χ0) is 17.6. The van der Waals surface area contributed by atoms with Gasteiger partial charge in [-0.1, -0.05) is 0 Å². The van der Waals surface area contributed by atoms with Gasteiger partial charge in [-0.15, -0.1) is 0 Å².